The van der Waals surface area contributed by atoms with E-state index in [1.807, 2.05) is 32.0 Å². The molecule has 3 heteroatoms. The molecule has 0 unspecified atom stereocenters. The van der Waals surface area contributed by atoms with Gasteiger partial charge in [0, 0.05) is 0 Å². The summed E-state index contributed by atoms with van der Waals surface area (Å²) < 4.78 is 0. The van der Waals surface area contributed by atoms with Crippen molar-refractivity contribution in [3.8, 4) is 0 Å². The molecule has 1 heterocycles. The number of carbonyl (C=O) groups is 2. The highest BCUT2D eigenvalue weighted by atomic mass is 16.2. The first-order valence-corrected chi connectivity index (χ1v) is 8.18. The molecule has 1 aromatic carbocycles. The third-order valence-corrected chi connectivity index (χ3v) is 6.52. The van der Waals surface area contributed by atoms with Crippen molar-refractivity contribution in [2.24, 2.45) is 29.1 Å². The Bertz CT molecular complexity index is 704. The van der Waals surface area contributed by atoms with E-state index in [1.165, 1.54) is 17.7 Å². The quantitative estimate of drug-likeness (QED) is 0.589. The molecule has 4 atom stereocenters. The summed E-state index contributed by atoms with van der Waals surface area (Å²) in [6.07, 6.45) is 6.81. The second kappa shape index (κ2) is 3.70. The van der Waals surface area contributed by atoms with Gasteiger partial charge in [-0.3, -0.25) is 9.59 Å². The molecule has 1 aromatic rings. The molecule has 3 fully saturated rings. The molecule has 2 amide bonds. The number of anilines is 1. The average Bonchev–Trinajstić information content (AvgIpc) is 3.08. The molecule has 0 radical (unpaired) electrons. The molecule has 3 aliphatic carbocycles. The highest BCUT2D eigenvalue weighted by molar-refractivity contribution is 6.23. The summed E-state index contributed by atoms with van der Waals surface area (Å²) in [5.41, 5.74) is 3.09. The second-order valence-electron chi connectivity index (χ2n) is 7.47. The number of hydrogen-bond acceptors (Lipinski definition) is 2. The lowest BCUT2D eigenvalue weighted by Crippen LogP contribution is -2.35. The number of fused-ring (bicyclic) bond motifs is 3. The van der Waals surface area contributed by atoms with Crippen LogP contribution in [-0.4, -0.2) is 11.8 Å². The van der Waals surface area contributed by atoms with Gasteiger partial charge in [0.05, 0.1) is 17.5 Å². The van der Waals surface area contributed by atoms with Gasteiger partial charge in [-0.1, -0.05) is 30.4 Å². The van der Waals surface area contributed by atoms with Crippen LogP contribution in [0.4, 0.5) is 5.69 Å². The number of amides is 2. The predicted octanol–water partition coefficient (Wildman–Crippen LogP) is 3.01. The summed E-state index contributed by atoms with van der Waals surface area (Å²) in [6.45, 7) is 3.96. The van der Waals surface area contributed by atoms with Crippen molar-refractivity contribution >= 4 is 17.5 Å². The number of nitrogens with zero attached hydrogens (tertiary/aromatic N) is 1. The Morgan fingerprint density at radius 2 is 1.45 bits per heavy atom. The number of para-hydroxylation sites is 1. The van der Waals surface area contributed by atoms with Crippen LogP contribution >= 0.6 is 0 Å². The van der Waals surface area contributed by atoms with Gasteiger partial charge in [0.1, 0.15) is 0 Å². The largest absolute Gasteiger partial charge is 0.274 e. The highest BCUT2D eigenvalue weighted by Gasteiger charge is 2.73. The molecule has 3 nitrogen and oxygen atoms in total. The van der Waals surface area contributed by atoms with E-state index >= 15 is 0 Å². The monoisotopic (exact) mass is 293 g/mol. The van der Waals surface area contributed by atoms with Crippen molar-refractivity contribution in [3.05, 3.63) is 41.5 Å². The number of aryl methyl sites for hydroxylation is 2. The smallest absolute Gasteiger partial charge is 0.238 e. The highest BCUT2D eigenvalue weighted by Crippen LogP contribution is 2.73. The van der Waals surface area contributed by atoms with E-state index in [-0.39, 0.29) is 29.1 Å². The van der Waals surface area contributed by atoms with E-state index in [4.69, 9.17) is 0 Å². The van der Waals surface area contributed by atoms with E-state index in [0.717, 1.165) is 16.8 Å². The third kappa shape index (κ3) is 1.21. The van der Waals surface area contributed by atoms with Crippen molar-refractivity contribution in [1.29, 1.82) is 0 Å². The van der Waals surface area contributed by atoms with Gasteiger partial charge in [0.15, 0.2) is 0 Å². The van der Waals surface area contributed by atoms with Crippen LogP contribution in [0, 0.1) is 42.9 Å². The normalized spacial score (nSPS) is 36.5. The molecule has 0 aromatic heterocycles. The summed E-state index contributed by atoms with van der Waals surface area (Å²) >= 11 is 0. The summed E-state index contributed by atoms with van der Waals surface area (Å²) in [5.74, 6) is 0.459. The fourth-order valence-corrected chi connectivity index (χ4v) is 5.46. The van der Waals surface area contributed by atoms with Crippen LogP contribution in [0.2, 0.25) is 0 Å². The topological polar surface area (TPSA) is 37.4 Å². The number of carbonyl (C=O) groups excluding carboxylic acids is 2. The molecular formula is C19H19NO2. The molecule has 0 N–H and O–H groups in total. The first kappa shape index (κ1) is 12.6. The Morgan fingerprint density at radius 1 is 0.955 bits per heavy atom. The average molecular weight is 293 g/mol. The Hall–Kier alpha value is -1.90. The zero-order valence-corrected chi connectivity index (χ0v) is 12.9. The number of allylic oxidation sites excluding steroid dienone is 2. The van der Waals surface area contributed by atoms with Gasteiger partial charge in [-0.25, -0.2) is 4.90 Å². The summed E-state index contributed by atoms with van der Waals surface area (Å²) in [7, 11) is 0. The maximum Gasteiger partial charge on any atom is 0.238 e. The van der Waals surface area contributed by atoms with E-state index in [1.54, 1.807) is 0 Å². The number of benzene rings is 1. The van der Waals surface area contributed by atoms with Crippen LogP contribution in [-0.2, 0) is 9.59 Å². The maximum atomic E-state index is 13.1. The summed E-state index contributed by atoms with van der Waals surface area (Å²) in [4.78, 5) is 27.7. The minimum Gasteiger partial charge on any atom is -0.274 e. The van der Waals surface area contributed by atoms with Gasteiger partial charge < -0.3 is 0 Å². The zero-order valence-electron chi connectivity index (χ0n) is 12.9. The van der Waals surface area contributed by atoms with Crippen LogP contribution in [0.15, 0.2) is 30.4 Å². The SMILES string of the molecule is Cc1cccc(C)c1N1C(=O)[C@@H]2[C@H](C1=O)[C@H]1C=C[C@H]2C12CC2. The molecule has 22 heavy (non-hydrogen) atoms. The first-order chi connectivity index (χ1) is 10.6. The van der Waals surface area contributed by atoms with Crippen LogP contribution in [0.25, 0.3) is 0 Å². The van der Waals surface area contributed by atoms with Crippen molar-refractivity contribution in [2.45, 2.75) is 26.7 Å². The molecule has 112 valence electrons. The van der Waals surface area contributed by atoms with Gasteiger partial charge in [-0.2, -0.15) is 0 Å². The number of imide groups is 1. The predicted molar refractivity (Wildman–Crippen MR) is 83.2 cm³/mol. The van der Waals surface area contributed by atoms with Crippen LogP contribution in [0.1, 0.15) is 24.0 Å². The van der Waals surface area contributed by atoms with Gasteiger partial charge in [0.25, 0.3) is 0 Å². The molecule has 1 spiro atoms. The van der Waals surface area contributed by atoms with Crippen LogP contribution in [0.3, 0.4) is 0 Å². The van der Waals surface area contributed by atoms with Crippen molar-refractivity contribution in [3.63, 3.8) is 0 Å². The fraction of sp³-hybridized carbons (Fsp3) is 0.474. The standard InChI is InChI=1S/C19H19NO2/c1-10-4-3-5-11(2)16(10)20-17(21)14-12-6-7-13(15(14)18(20)22)19(12)8-9-19/h3-7,12-15H,8-9H2,1-2H3/t12-,13-,14-,15+/m1/s1. The minimum absolute atomic E-state index is 0.0375. The van der Waals surface area contributed by atoms with Gasteiger partial charge in [0.2, 0.25) is 11.8 Å². The van der Waals surface area contributed by atoms with Gasteiger partial charge >= 0.3 is 0 Å². The van der Waals surface area contributed by atoms with Crippen LogP contribution in [0.5, 0.6) is 0 Å². The lowest BCUT2D eigenvalue weighted by atomic mass is 9.85. The van der Waals surface area contributed by atoms with E-state index in [9.17, 15) is 9.59 Å². The Labute approximate surface area is 130 Å². The fourth-order valence-electron chi connectivity index (χ4n) is 5.46. The summed E-state index contributed by atoms with van der Waals surface area (Å²) in [6, 6.07) is 5.93. The molecule has 5 rings (SSSR count). The number of rotatable bonds is 1. The van der Waals surface area contributed by atoms with Gasteiger partial charge in [-0.05, 0) is 55.1 Å². The lowest BCUT2D eigenvalue weighted by Gasteiger charge is -2.24. The second-order valence-corrected chi connectivity index (χ2v) is 7.47. The molecule has 2 saturated carbocycles. The van der Waals surface area contributed by atoms with E-state index < -0.39 is 0 Å². The Morgan fingerprint density at radius 3 is 1.91 bits per heavy atom. The maximum absolute atomic E-state index is 13.1. The van der Waals surface area contributed by atoms with E-state index in [0.29, 0.717) is 11.8 Å². The Balaban J connectivity index is 1.62. The molecular weight excluding hydrogens is 274 g/mol. The molecule has 4 aliphatic rings. The molecule has 1 aliphatic heterocycles. The summed E-state index contributed by atoms with van der Waals surface area (Å²) in [5, 5.41) is 0. The Kier molecular flexibility index (Phi) is 2.13. The van der Waals surface area contributed by atoms with Gasteiger partial charge in [-0.15, -0.1) is 0 Å². The van der Waals surface area contributed by atoms with E-state index in [2.05, 4.69) is 12.2 Å². The van der Waals surface area contributed by atoms with Crippen molar-refractivity contribution in [1.82, 2.24) is 0 Å². The molecule has 2 bridgehead atoms. The zero-order chi connectivity index (χ0) is 15.2. The van der Waals surface area contributed by atoms with Crippen molar-refractivity contribution in [2.75, 3.05) is 4.90 Å². The molecule has 1 saturated heterocycles. The minimum atomic E-state index is -0.107. The first-order valence-electron chi connectivity index (χ1n) is 8.18. The third-order valence-electron chi connectivity index (χ3n) is 6.52. The lowest BCUT2D eigenvalue weighted by molar-refractivity contribution is -0.123. The van der Waals surface area contributed by atoms with Crippen LogP contribution < -0.4 is 4.90 Å². The van der Waals surface area contributed by atoms with Crippen molar-refractivity contribution < 1.29 is 9.59 Å². The number of hydrogen-bond donors (Lipinski definition) is 0.